The maximum absolute atomic E-state index is 12.7. The quantitative estimate of drug-likeness (QED) is 0.0264. The van der Waals surface area contributed by atoms with E-state index < -0.39 is 6.10 Å². The van der Waals surface area contributed by atoms with Gasteiger partial charge in [-0.25, -0.2) is 0 Å². The van der Waals surface area contributed by atoms with Crippen molar-refractivity contribution >= 4 is 17.9 Å². The molecular formula is C52H92O6. The molecule has 58 heavy (non-hydrogen) atoms. The van der Waals surface area contributed by atoms with Crippen LogP contribution in [-0.2, 0) is 28.6 Å². The summed E-state index contributed by atoms with van der Waals surface area (Å²) in [6.07, 6.45) is 55.3. The van der Waals surface area contributed by atoms with E-state index in [2.05, 4.69) is 69.4 Å². The zero-order valence-corrected chi connectivity index (χ0v) is 38.3. The van der Waals surface area contributed by atoms with E-state index in [-0.39, 0.29) is 31.1 Å². The van der Waals surface area contributed by atoms with Gasteiger partial charge in [-0.05, 0) is 96.3 Å². The highest BCUT2D eigenvalue weighted by Gasteiger charge is 2.19. The molecule has 0 bridgehead atoms. The first-order valence-electron chi connectivity index (χ1n) is 24.6. The van der Waals surface area contributed by atoms with Crippen LogP contribution in [0.4, 0.5) is 0 Å². The first-order chi connectivity index (χ1) is 28.5. The van der Waals surface area contributed by atoms with Crippen LogP contribution in [0.3, 0.4) is 0 Å². The fourth-order valence-electron chi connectivity index (χ4n) is 6.82. The van der Waals surface area contributed by atoms with Crippen LogP contribution in [0, 0.1) is 0 Å². The maximum Gasteiger partial charge on any atom is 0.306 e. The fraction of sp³-hybridized carbons (Fsp3) is 0.788. The highest BCUT2D eigenvalue weighted by atomic mass is 16.6. The van der Waals surface area contributed by atoms with Gasteiger partial charge in [-0.1, -0.05) is 179 Å². The third-order valence-corrected chi connectivity index (χ3v) is 10.5. The SMILES string of the molecule is CC/C=C\C/C=C\CCCCC(=O)OCC(COC(=O)CCCCCCC/C=C\CCCCCCCCC)OC(=O)CCCCCCCCC/C=C\CCCCCC. The molecule has 0 rings (SSSR count). The lowest BCUT2D eigenvalue weighted by Gasteiger charge is -2.18. The first kappa shape index (κ1) is 55.4. The number of hydrogen-bond donors (Lipinski definition) is 0. The van der Waals surface area contributed by atoms with Crippen molar-refractivity contribution in [2.24, 2.45) is 0 Å². The molecule has 0 fully saturated rings. The Morgan fingerprint density at radius 1 is 0.362 bits per heavy atom. The topological polar surface area (TPSA) is 78.9 Å². The van der Waals surface area contributed by atoms with Gasteiger partial charge in [0.15, 0.2) is 6.10 Å². The smallest absolute Gasteiger partial charge is 0.306 e. The number of carbonyl (C=O) groups is 3. The molecule has 0 spiro atoms. The Balaban J connectivity index is 4.36. The van der Waals surface area contributed by atoms with Crippen molar-refractivity contribution in [2.45, 2.75) is 252 Å². The van der Waals surface area contributed by atoms with Gasteiger partial charge in [-0.2, -0.15) is 0 Å². The Kier molecular flexibility index (Phi) is 44.9. The van der Waals surface area contributed by atoms with Gasteiger partial charge >= 0.3 is 17.9 Å². The summed E-state index contributed by atoms with van der Waals surface area (Å²) in [6.45, 7) is 6.46. The highest BCUT2D eigenvalue weighted by Crippen LogP contribution is 2.14. The second kappa shape index (κ2) is 47.1. The fourth-order valence-corrected chi connectivity index (χ4v) is 6.82. The van der Waals surface area contributed by atoms with Crippen LogP contribution in [-0.4, -0.2) is 37.2 Å². The number of allylic oxidation sites excluding steroid dienone is 8. The number of esters is 3. The third-order valence-electron chi connectivity index (χ3n) is 10.5. The predicted octanol–water partition coefficient (Wildman–Crippen LogP) is 15.9. The molecule has 1 atom stereocenters. The lowest BCUT2D eigenvalue weighted by Crippen LogP contribution is -2.30. The molecule has 1 unspecified atom stereocenters. The van der Waals surface area contributed by atoms with Crippen LogP contribution in [0.1, 0.15) is 245 Å². The first-order valence-corrected chi connectivity index (χ1v) is 24.6. The summed E-state index contributed by atoms with van der Waals surface area (Å²) in [5, 5.41) is 0. The van der Waals surface area contributed by atoms with Crippen molar-refractivity contribution in [1.82, 2.24) is 0 Å². The minimum atomic E-state index is -0.788. The Hall–Kier alpha value is -2.63. The number of hydrogen-bond acceptors (Lipinski definition) is 6. The Labute approximate surface area is 358 Å². The molecule has 0 heterocycles. The molecular weight excluding hydrogens is 721 g/mol. The van der Waals surface area contributed by atoms with E-state index in [9.17, 15) is 14.4 Å². The van der Waals surface area contributed by atoms with Crippen molar-refractivity contribution in [3.05, 3.63) is 48.6 Å². The molecule has 0 aliphatic heterocycles. The van der Waals surface area contributed by atoms with Gasteiger partial charge in [0.1, 0.15) is 13.2 Å². The average molecular weight is 813 g/mol. The highest BCUT2D eigenvalue weighted by molar-refractivity contribution is 5.71. The second-order valence-electron chi connectivity index (χ2n) is 16.3. The standard InChI is InChI=1S/C52H92O6/c1-4-7-10-13-16-19-21-23-25-27-28-30-33-36-39-42-45-51(54)57-48-49(47-56-50(53)44-41-38-35-32-18-15-12-9-6-3)58-52(55)46-43-40-37-34-31-29-26-24-22-20-17-14-11-8-5-2/h9,12,18,20,22,25,27,32,49H,4-8,10-11,13-17,19,21,23-24,26,28-31,33-48H2,1-3H3/b12-9-,22-20-,27-25-,32-18-. The van der Waals surface area contributed by atoms with Crippen molar-refractivity contribution in [2.75, 3.05) is 13.2 Å². The summed E-state index contributed by atoms with van der Waals surface area (Å²) in [4.78, 5) is 37.8. The zero-order chi connectivity index (χ0) is 42.3. The van der Waals surface area contributed by atoms with Crippen LogP contribution in [0.5, 0.6) is 0 Å². The molecule has 0 saturated carbocycles. The number of unbranched alkanes of at least 4 members (excludes halogenated alkanes) is 25. The summed E-state index contributed by atoms with van der Waals surface area (Å²) in [6, 6.07) is 0. The minimum absolute atomic E-state index is 0.0889. The molecule has 6 heteroatoms. The maximum atomic E-state index is 12.7. The summed E-state index contributed by atoms with van der Waals surface area (Å²) in [5.74, 6) is -0.937. The Morgan fingerprint density at radius 3 is 1.10 bits per heavy atom. The van der Waals surface area contributed by atoms with Crippen LogP contribution < -0.4 is 0 Å². The summed E-state index contributed by atoms with van der Waals surface area (Å²) >= 11 is 0. The van der Waals surface area contributed by atoms with Crippen molar-refractivity contribution in [1.29, 1.82) is 0 Å². The van der Waals surface area contributed by atoms with Crippen LogP contribution in [0.15, 0.2) is 48.6 Å². The molecule has 336 valence electrons. The molecule has 0 aromatic rings. The van der Waals surface area contributed by atoms with E-state index in [0.717, 1.165) is 77.0 Å². The molecule has 6 nitrogen and oxygen atoms in total. The molecule has 0 N–H and O–H groups in total. The van der Waals surface area contributed by atoms with Crippen molar-refractivity contribution < 1.29 is 28.6 Å². The number of ether oxygens (including phenoxy) is 3. The minimum Gasteiger partial charge on any atom is -0.462 e. The normalized spacial score (nSPS) is 12.4. The summed E-state index contributed by atoms with van der Waals surface area (Å²) < 4.78 is 16.7. The predicted molar refractivity (Wildman–Crippen MR) is 247 cm³/mol. The van der Waals surface area contributed by atoms with Gasteiger partial charge in [-0.15, -0.1) is 0 Å². The van der Waals surface area contributed by atoms with Gasteiger partial charge in [-0.3, -0.25) is 14.4 Å². The van der Waals surface area contributed by atoms with Crippen molar-refractivity contribution in [3.63, 3.8) is 0 Å². The lowest BCUT2D eigenvalue weighted by atomic mass is 10.1. The van der Waals surface area contributed by atoms with Crippen LogP contribution >= 0.6 is 0 Å². The van der Waals surface area contributed by atoms with E-state index in [4.69, 9.17) is 14.2 Å². The van der Waals surface area contributed by atoms with Crippen LogP contribution in [0.2, 0.25) is 0 Å². The second-order valence-corrected chi connectivity index (χ2v) is 16.3. The number of carbonyl (C=O) groups excluding carboxylic acids is 3. The number of rotatable bonds is 44. The molecule has 0 aliphatic carbocycles. The molecule has 0 saturated heterocycles. The molecule has 0 aromatic heterocycles. The molecule has 0 radical (unpaired) electrons. The Morgan fingerprint density at radius 2 is 0.672 bits per heavy atom. The average Bonchev–Trinajstić information content (AvgIpc) is 3.22. The largest absolute Gasteiger partial charge is 0.462 e. The summed E-state index contributed by atoms with van der Waals surface area (Å²) in [7, 11) is 0. The van der Waals surface area contributed by atoms with Gasteiger partial charge in [0.25, 0.3) is 0 Å². The van der Waals surface area contributed by atoms with Gasteiger partial charge < -0.3 is 14.2 Å². The van der Waals surface area contributed by atoms with E-state index >= 15 is 0 Å². The molecule has 0 aromatic carbocycles. The van der Waals surface area contributed by atoms with Crippen LogP contribution in [0.25, 0.3) is 0 Å². The Bertz CT molecular complexity index is 1030. The van der Waals surface area contributed by atoms with E-state index in [0.29, 0.717) is 19.3 Å². The summed E-state index contributed by atoms with van der Waals surface area (Å²) in [5.41, 5.74) is 0. The van der Waals surface area contributed by atoms with E-state index in [1.165, 1.54) is 128 Å². The van der Waals surface area contributed by atoms with Gasteiger partial charge in [0, 0.05) is 19.3 Å². The van der Waals surface area contributed by atoms with E-state index in [1.54, 1.807) is 0 Å². The van der Waals surface area contributed by atoms with Crippen molar-refractivity contribution in [3.8, 4) is 0 Å². The molecule has 0 amide bonds. The third kappa shape index (κ3) is 44.5. The van der Waals surface area contributed by atoms with Gasteiger partial charge in [0.05, 0.1) is 0 Å². The lowest BCUT2D eigenvalue weighted by molar-refractivity contribution is -0.167. The molecule has 0 aliphatic rings. The monoisotopic (exact) mass is 813 g/mol. The van der Waals surface area contributed by atoms with E-state index in [1.807, 2.05) is 0 Å². The zero-order valence-electron chi connectivity index (χ0n) is 38.3. The van der Waals surface area contributed by atoms with Gasteiger partial charge in [0.2, 0.25) is 0 Å².